The third-order valence-corrected chi connectivity index (χ3v) is 5.76. The summed E-state index contributed by atoms with van der Waals surface area (Å²) in [6.07, 6.45) is 4.00. The fourth-order valence-electron chi connectivity index (χ4n) is 3.50. The first-order chi connectivity index (χ1) is 15.4. The number of benzene rings is 1. The van der Waals surface area contributed by atoms with Crippen molar-refractivity contribution in [1.29, 1.82) is 0 Å². The lowest BCUT2D eigenvalue weighted by Crippen LogP contribution is -2.45. The van der Waals surface area contributed by atoms with Gasteiger partial charge in [-0.1, -0.05) is 19.8 Å². The minimum Gasteiger partial charge on any atom is -0.497 e. The molecule has 0 spiro atoms. The van der Waals surface area contributed by atoms with Gasteiger partial charge in [-0.3, -0.25) is 4.98 Å². The number of hydrogen-bond donors (Lipinski definition) is 3. The fraction of sp³-hybridized carbons (Fsp3) is 0.458. The van der Waals surface area contributed by atoms with Crippen molar-refractivity contribution < 1.29 is 14.6 Å². The highest BCUT2D eigenvalue weighted by Gasteiger charge is 2.30. The number of nitrogens with zero attached hydrogens (tertiary/aromatic N) is 3. The first kappa shape index (κ1) is 23.5. The Hall–Kier alpha value is -3.13. The standard InChI is InChI=1S/C24H33N5O3/c1-6-7-12-24(3,16(2)30)29-22-21-19(9-8-13-25-21)27-23(28-22)26-15-17-10-11-18(31-4)14-20(17)32-5/h8-11,13-14,16,30H,6-7,12,15H2,1-5H3,(H2,26,27,28,29)/t16-,24-/m0/s1. The Bertz CT molecular complexity index is 1040. The molecule has 2 aromatic heterocycles. The average Bonchev–Trinajstić information content (AvgIpc) is 2.81. The van der Waals surface area contributed by atoms with Crippen LogP contribution in [-0.4, -0.2) is 45.9 Å². The molecule has 32 heavy (non-hydrogen) atoms. The SMILES string of the molecule is CCCC[C@](C)(Nc1nc(NCc2ccc(OC)cc2OC)nc2cccnc12)[C@H](C)O. The zero-order chi connectivity index (χ0) is 23.1. The summed E-state index contributed by atoms with van der Waals surface area (Å²) in [7, 11) is 3.26. The maximum atomic E-state index is 10.5. The van der Waals surface area contributed by atoms with Gasteiger partial charge in [0.05, 0.1) is 31.4 Å². The summed E-state index contributed by atoms with van der Waals surface area (Å²) in [5.41, 5.74) is 1.81. The second kappa shape index (κ2) is 10.5. The third-order valence-electron chi connectivity index (χ3n) is 5.76. The van der Waals surface area contributed by atoms with E-state index in [-0.39, 0.29) is 0 Å². The van der Waals surface area contributed by atoms with Crippen LogP contribution >= 0.6 is 0 Å². The number of anilines is 2. The van der Waals surface area contributed by atoms with E-state index in [1.165, 1.54) is 0 Å². The van der Waals surface area contributed by atoms with E-state index in [9.17, 15) is 5.11 Å². The molecule has 2 atom stereocenters. The second-order valence-electron chi connectivity index (χ2n) is 8.12. The number of nitrogens with one attached hydrogen (secondary N) is 2. The average molecular weight is 440 g/mol. The van der Waals surface area contributed by atoms with Crippen molar-refractivity contribution in [3.05, 3.63) is 42.1 Å². The van der Waals surface area contributed by atoms with Gasteiger partial charge >= 0.3 is 0 Å². The monoisotopic (exact) mass is 439 g/mol. The lowest BCUT2D eigenvalue weighted by molar-refractivity contribution is 0.116. The molecule has 0 amide bonds. The molecule has 0 bridgehead atoms. The zero-order valence-corrected chi connectivity index (χ0v) is 19.5. The normalized spacial score (nSPS) is 13.9. The molecule has 0 aliphatic rings. The molecule has 0 unspecified atom stereocenters. The first-order valence-corrected chi connectivity index (χ1v) is 10.9. The third kappa shape index (κ3) is 5.37. The number of unbranched alkanes of at least 4 members (excludes halogenated alkanes) is 1. The topological polar surface area (TPSA) is 101 Å². The van der Waals surface area contributed by atoms with Crippen molar-refractivity contribution in [2.75, 3.05) is 24.9 Å². The van der Waals surface area contributed by atoms with Crippen molar-refractivity contribution in [1.82, 2.24) is 15.0 Å². The van der Waals surface area contributed by atoms with Crippen molar-refractivity contribution >= 4 is 22.8 Å². The van der Waals surface area contributed by atoms with E-state index in [1.54, 1.807) is 27.3 Å². The zero-order valence-electron chi connectivity index (χ0n) is 19.5. The molecule has 0 saturated heterocycles. The summed E-state index contributed by atoms with van der Waals surface area (Å²) < 4.78 is 10.8. The minimum absolute atomic E-state index is 0.467. The molecule has 0 fully saturated rings. The summed E-state index contributed by atoms with van der Waals surface area (Å²) in [6, 6.07) is 9.43. The van der Waals surface area contributed by atoms with Crippen molar-refractivity contribution in [2.24, 2.45) is 0 Å². The van der Waals surface area contributed by atoms with Crippen LogP contribution in [0.4, 0.5) is 11.8 Å². The van der Waals surface area contributed by atoms with Crippen LogP contribution in [0.3, 0.4) is 0 Å². The molecular weight excluding hydrogens is 406 g/mol. The molecule has 2 heterocycles. The van der Waals surface area contributed by atoms with Crippen LogP contribution in [0, 0.1) is 0 Å². The number of fused-ring (bicyclic) bond motifs is 1. The summed E-state index contributed by atoms with van der Waals surface area (Å²) in [4.78, 5) is 13.8. The van der Waals surface area contributed by atoms with E-state index < -0.39 is 11.6 Å². The highest BCUT2D eigenvalue weighted by Crippen LogP contribution is 2.29. The summed E-state index contributed by atoms with van der Waals surface area (Å²) in [5.74, 6) is 2.52. The van der Waals surface area contributed by atoms with Crippen molar-refractivity contribution in [3.63, 3.8) is 0 Å². The largest absolute Gasteiger partial charge is 0.497 e. The molecule has 8 heteroatoms. The molecule has 0 saturated carbocycles. The molecule has 172 valence electrons. The van der Waals surface area contributed by atoms with Gasteiger partial charge in [-0.25, -0.2) is 4.98 Å². The van der Waals surface area contributed by atoms with Gasteiger partial charge in [0, 0.05) is 24.4 Å². The summed E-state index contributed by atoms with van der Waals surface area (Å²) in [6.45, 7) is 6.43. The van der Waals surface area contributed by atoms with Gasteiger partial charge in [0.2, 0.25) is 5.95 Å². The van der Waals surface area contributed by atoms with Gasteiger partial charge in [-0.2, -0.15) is 4.98 Å². The Morgan fingerprint density at radius 2 is 1.97 bits per heavy atom. The Labute approximate surface area is 189 Å². The molecule has 3 aromatic rings. The first-order valence-electron chi connectivity index (χ1n) is 10.9. The molecule has 3 rings (SSSR count). The number of hydrogen-bond acceptors (Lipinski definition) is 8. The lowest BCUT2D eigenvalue weighted by atomic mass is 9.89. The quantitative estimate of drug-likeness (QED) is 0.404. The number of pyridine rings is 1. The van der Waals surface area contributed by atoms with Crippen molar-refractivity contribution in [3.8, 4) is 11.5 Å². The Morgan fingerprint density at radius 3 is 2.66 bits per heavy atom. The van der Waals surface area contributed by atoms with Crippen LogP contribution in [0.5, 0.6) is 11.5 Å². The number of aromatic nitrogens is 3. The Balaban J connectivity index is 1.91. The maximum Gasteiger partial charge on any atom is 0.225 e. The van der Waals surface area contributed by atoms with Gasteiger partial charge in [0.25, 0.3) is 0 Å². The van der Waals surface area contributed by atoms with Gasteiger partial charge in [-0.15, -0.1) is 0 Å². The summed E-state index contributed by atoms with van der Waals surface area (Å²) in [5, 5.41) is 17.2. The van der Waals surface area contributed by atoms with Gasteiger partial charge < -0.3 is 25.2 Å². The van der Waals surface area contributed by atoms with E-state index >= 15 is 0 Å². The molecule has 0 radical (unpaired) electrons. The van der Waals surface area contributed by atoms with Crippen LogP contribution in [-0.2, 0) is 6.54 Å². The minimum atomic E-state index is -0.567. The second-order valence-corrected chi connectivity index (χ2v) is 8.12. The number of aliphatic hydroxyl groups excluding tert-OH is 1. The van der Waals surface area contributed by atoms with E-state index in [2.05, 4.69) is 27.5 Å². The number of aliphatic hydroxyl groups is 1. The smallest absolute Gasteiger partial charge is 0.225 e. The maximum absolute atomic E-state index is 10.5. The van der Waals surface area contributed by atoms with Crippen LogP contribution in [0.25, 0.3) is 11.0 Å². The van der Waals surface area contributed by atoms with E-state index in [0.29, 0.717) is 23.8 Å². The van der Waals surface area contributed by atoms with Gasteiger partial charge in [-0.05, 0) is 44.5 Å². The highest BCUT2D eigenvalue weighted by atomic mass is 16.5. The number of ether oxygens (including phenoxy) is 2. The molecule has 0 aliphatic heterocycles. The molecule has 3 N–H and O–H groups in total. The molecular formula is C24H33N5O3. The van der Waals surface area contributed by atoms with Gasteiger partial charge in [0.15, 0.2) is 5.82 Å². The van der Waals surface area contributed by atoms with Crippen LogP contribution in [0.1, 0.15) is 45.6 Å². The van der Waals surface area contributed by atoms with Crippen LogP contribution < -0.4 is 20.1 Å². The number of rotatable bonds is 11. The molecule has 0 aliphatic carbocycles. The summed E-state index contributed by atoms with van der Waals surface area (Å²) >= 11 is 0. The van der Waals surface area contributed by atoms with E-state index in [4.69, 9.17) is 14.5 Å². The van der Waals surface area contributed by atoms with Crippen molar-refractivity contribution in [2.45, 2.75) is 58.2 Å². The number of methoxy groups -OCH3 is 2. The lowest BCUT2D eigenvalue weighted by Gasteiger charge is -2.34. The van der Waals surface area contributed by atoms with Crippen LogP contribution in [0.15, 0.2) is 36.5 Å². The van der Waals surface area contributed by atoms with Gasteiger partial charge in [0.1, 0.15) is 17.0 Å². The highest BCUT2D eigenvalue weighted by molar-refractivity contribution is 5.86. The molecule has 1 aromatic carbocycles. The Morgan fingerprint density at radius 1 is 1.16 bits per heavy atom. The fourth-order valence-corrected chi connectivity index (χ4v) is 3.50. The Kier molecular flexibility index (Phi) is 7.69. The van der Waals surface area contributed by atoms with Crippen LogP contribution in [0.2, 0.25) is 0 Å². The van der Waals surface area contributed by atoms with E-state index in [0.717, 1.165) is 41.8 Å². The predicted octanol–water partition coefficient (Wildman–Crippen LogP) is 4.40. The predicted molar refractivity (Wildman–Crippen MR) is 127 cm³/mol. The van der Waals surface area contributed by atoms with E-state index in [1.807, 2.05) is 37.3 Å². The molecule has 8 nitrogen and oxygen atoms in total.